The highest BCUT2D eigenvalue weighted by Crippen LogP contribution is 2.53. The summed E-state index contributed by atoms with van der Waals surface area (Å²) in [5, 5.41) is 3.52. The predicted molar refractivity (Wildman–Crippen MR) is 111 cm³/mol. The van der Waals surface area contributed by atoms with Crippen LogP contribution in [0.4, 0.5) is 13.2 Å². The normalized spacial score (nSPS) is 23.0. The van der Waals surface area contributed by atoms with Crippen molar-refractivity contribution in [2.45, 2.75) is 49.5 Å². The van der Waals surface area contributed by atoms with Crippen LogP contribution in [-0.4, -0.2) is 23.2 Å². The monoisotopic (exact) mass is 434 g/mol. The number of rotatable bonds is 8. The summed E-state index contributed by atoms with van der Waals surface area (Å²) in [6, 6.07) is 7.66. The Labute approximate surface area is 178 Å². The Morgan fingerprint density at radius 1 is 1.20 bits per heavy atom. The first-order valence-corrected chi connectivity index (χ1v) is 11.4. The quantitative estimate of drug-likeness (QED) is 0.534. The standard InChI is InChI=1S/C23H25F3N2OS/c24-18-5-3-17(4-6-18)23(25,26)11-13-30-21-19(2-1-12-27-21)20(29)28-15-22-9-7-16(14-22)8-10-22/h1-6,12,16H,7-11,13-15H2,(H,28,29). The number of hydrogen-bond donors (Lipinski definition) is 1. The molecule has 3 nitrogen and oxygen atoms in total. The van der Waals surface area contributed by atoms with Crippen LogP contribution >= 0.6 is 11.8 Å². The second-order valence-corrected chi connectivity index (χ2v) is 9.58. The van der Waals surface area contributed by atoms with Gasteiger partial charge in [0.05, 0.1) is 5.56 Å². The van der Waals surface area contributed by atoms with Crippen molar-refractivity contribution in [1.29, 1.82) is 0 Å². The van der Waals surface area contributed by atoms with Crippen molar-refractivity contribution in [2.75, 3.05) is 12.3 Å². The lowest BCUT2D eigenvalue weighted by molar-refractivity contribution is -0.00707. The maximum atomic E-state index is 14.4. The molecule has 0 unspecified atom stereocenters. The van der Waals surface area contributed by atoms with E-state index in [1.54, 1.807) is 18.3 Å². The zero-order valence-electron chi connectivity index (χ0n) is 16.7. The number of halogens is 3. The van der Waals surface area contributed by atoms with Crippen LogP contribution < -0.4 is 5.32 Å². The highest BCUT2D eigenvalue weighted by atomic mass is 32.2. The molecule has 1 heterocycles. The molecule has 1 amide bonds. The van der Waals surface area contributed by atoms with Gasteiger partial charge in [0.1, 0.15) is 10.8 Å². The summed E-state index contributed by atoms with van der Waals surface area (Å²) in [5.74, 6) is -2.90. The minimum atomic E-state index is -3.07. The van der Waals surface area contributed by atoms with Crippen LogP contribution in [0.1, 0.15) is 54.4 Å². The fraction of sp³-hybridized carbons (Fsp3) is 0.478. The van der Waals surface area contributed by atoms with Gasteiger partial charge in [0.2, 0.25) is 0 Å². The van der Waals surface area contributed by atoms with Gasteiger partial charge in [0.25, 0.3) is 11.8 Å². The molecule has 2 bridgehead atoms. The van der Waals surface area contributed by atoms with Gasteiger partial charge in [-0.3, -0.25) is 4.79 Å². The van der Waals surface area contributed by atoms with Crippen molar-refractivity contribution in [3.63, 3.8) is 0 Å². The third-order valence-electron chi connectivity index (χ3n) is 6.45. The van der Waals surface area contributed by atoms with Crippen molar-refractivity contribution in [3.05, 3.63) is 59.5 Å². The summed E-state index contributed by atoms with van der Waals surface area (Å²) >= 11 is 1.15. The lowest BCUT2D eigenvalue weighted by Gasteiger charge is -2.26. The predicted octanol–water partition coefficient (Wildman–Crippen LogP) is 5.81. The topological polar surface area (TPSA) is 42.0 Å². The highest BCUT2D eigenvalue weighted by molar-refractivity contribution is 7.99. The molecule has 1 aromatic heterocycles. The fourth-order valence-electron chi connectivity index (χ4n) is 4.72. The Morgan fingerprint density at radius 2 is 1.93 bits per heavy atom. The third kappa shape index (κ3) is 4.66. The Morgan fingerprint density at radius 3 is 2.60 bits per heavy atom. The molecule has 160 valence electrons. The average molecular weight is 435 g/mol. The van der Waals surface area contributed by atoms with Gasteiger partial charge in [-0.05, 0) is 67.7 Å². The molecule has 0 saturated heterocycles. The molecular formula is C23H25F3N2OS. The summed E-state index contributed by atoms with van der Waals surface area (Å²) in [6.07, 6.45) is 7.19. The number of hydrogen-bond acceptors (Lipinski definition) is 3. The summed E-state index contributed by atoms with van der Waals surface area (Å²) in [6.45, 7) is 0.671. The van der Waals surface area contributed by atoms with Crippen molar-refractivity contribution < 1.29 is 18.0 Å². The first-order chi connectivity index (χ1) is 14.4. The van der Waals surface area contributed by atoms with E-state index in [1.807, 2.05) is 0 Å². The van der Waals surface area contributed by atoms with Crippen LogP contribution in [-0.2, 0) is 5.92 Å². The molecule has 4 rings (SSSR count). The summed E-state index contributed by atoms with van der Waals surface area (Å²) in [5.41, 5.74) is 0.457. The van der Waals surface area contributed by atoms with Gasteiger partial charge in [0.15, 0.2) is 0 Å². The van der Waals surface area contributed by atoms with Crippen molar-refractivity contribution >= 4 is 17.7 Å². The molecule has 0 radical (unpaired) electrons. The van der Waals surface area contributed by atoms with Gasteiger partial charge in [-0.25, -0.2) is 18.2 Å². The number of thioether (sulfide) groups is 1. The van der Waals surface area contributed by atoms with Gasteiger partial charge in [-0.2, -0.15) is 0 Å². The molecule has 30 heavy (non-hydrogen) atoms. The van der Waals surface area contributed by atoms with Crippen molar-refractivity contribution in [1.82, 2.24) is 10.3 Å². The van der Waals surface area contributed by atoms with E-state index in [-0.39, 0.29) is 22.6 Å². The summed E-state index contributed by atoms with van der Waals surface area (Å²) in [4.78, 5) is 17.0. The second kappa shape index (κ2) is 8.61. The first-order valence-electron chi connectivity index (χ1n) is 10.4. The van der Waals surface area contributed by atoms with Gasteiger partial charge in [-0.15, -0.1) is 11.8 Å². The Balaban J connectivity index is 1.34. The smallest absolute Gasteiger partial charge is 0.274 e. The summed E-state index contributed by atoms with van der Waals surface area (Å²) in [7, 11) is 0. The SMILES string of the molecule is O=C(NCC12CCC(CC1)C2)c1cccnc1SCCC(F)(F)c1ccc(F)cc1. The molecule has 7 heteroatoms. The summed E-state index contributed by atoms with van der Waals surface area (Å²) < 4.78 is 41.8. The molecule has 0 aliphatic heterocycles. The molecule has 0 atom stereocenters. The van der Waals surface area contributed by atoms with Gasteiger partial charge in [0, 0.05) is 30.5 Å². The number of alkyl halides is 2. The van der Waals surface area contributed by atoms with Crippen LogP contribution in [0.2, 0.25) is 0 Å². The van der Waals surface area contributed by atoms with E-state index in [9.17, 15) is 18.0 Å². The highest BCUT2D eigenvalue weighted by Gasteiger charge is 2.44. The lowest BCUT2D eigenvalue weighted by atomic mass is 9.84. The van der Waals surface area contributed by atoms with Crippen LogP contribution in [0.5, 0.6) is 0 Å². The molecule has 2 fully saturated rings. The molecule has 2 aromatic rings. The molecule has 2 aliphatic rings. The van der Waals surface area contributed by atoms with Crippen LogP contribution in [0.15, 0.2) is 47.6 Å². The maximum absolute atomic E-state index is 14.4. The van der Waals surface area contributed by atoms with Gasteiger partial charge in [-0.1, -0.05) is 12.1 Å². The number of fused-ring (bicyclic) bond motifs is 2. The number of aromatic nitrogens is 1. The number of benzene rings is 1. The molecule has 2 saturated carbocycles. The molecule has 2 aliphatic carbocycles. The zero-order valence-corrected chi connectivity index (χ0v) is 17.5. The largest absolute Gasteiger partial charge is 0.351 e. The minimum absolute atomic E-state index is 0.0906. The second-order valence-electron chi connectivity index (χ2n) is 8.50. The fourth-order valence-corrected chi connectivity index (χ4v) is 5.72. The maximum Gasteiger partial charge on any atom is 0.274 e. The zero-order chi connectivity index (χ0) is 21.2. The minimum Gasteiger partial charge on any atom is -0.351 e. The van der Waals surface area contributed by atoms with Crippen LogP contribution in [0.25, 0.3) is 0 Å². The van der Waals surface area contributed by atoms with Crippen LogP contribution in [0, 0.1) is 17.2 Å². The number of nitrogens with zero attached hydrogens (tertiary/aromatic N) is 1. The van der Waals surface area contributed by atoms with Crippen molar-refractivity contribution in [2.24, 2.45) is 11.3 Å². The van der Waals surface area contributed by atoms with E-state index in [0.717, 1.165) is 41.9 Å². The molecular weight excluding hydrogens is 409 g/mol. The molecule has 1 N–H and O–H groups in total. The first kappa shape index (κ1) is 21.2. The van der Waals surface area contributed by atoms with E-state index in [2.05, 4.69) is 10.3 Å². The number of pyridine rings is 1. The Kier molecular flexibility index (Phi) is 6.09. The van der Waals surface area contributed by atoms with Gasteiger partial charge >= 0.3 is 0 Å². The number of carbonyl (C=O) groups is 1. The van der Waals surface area contributed by atoms with E-state index in [0.29, 0.717) is 17.1 Å². The lowest BCUT2D eigenvalue weighted by Crippen LogP contribution is -2.35. The van der Waals surface area contributed by atoms with E-state index in [1.165, 1.54) is 32.1 Å². The average Bonchev–Trinajstić information content (AvgIpc) is 3.34. The number of nitrogens with one attached hydrogen (secondary N) is 1. The Hall–Kier alpha value is -2.02. The van der Waals surface area contributed by atoms with E-state index < -0.39 is 18.2 Å². The van der Waals surface area contributed by atoms with E-state index >= 15 is 0 Å². The molecule has 1 aromatic carbocycles. The van der Waals surface area contributed by atoms with Crippen molar-refractivity contribution in [3.8, 4) is 0 Å². The third-order valence-corrected chi connectivity index (χ3v) is 7.46. The Bertz CT molecular complexity index is 896. The molecule has 0 spiro atoms. The number of carbonyl (C=O) groups excluding carboxylic acids is 1. The van der Waals surface area contributed by atoms with E-state index in [4.69, 9.17) is 0 Å². The van der Waals surface area contributed by atoms with Crippen LogP contribution in [0.3, 0.4) is 0 Å². The van der Waals surface area contributed by atoms with Gasteiger partial charge < -0.3 is 5.32 Å². The number of amides is 1.